The molecular formula is C24H24N2O4S. The summed E-state index contributed by atoms with van der Waals surface area (Å²) in [6, 6.07) is 15.0. The number of nitrogens with zero attached hydrogens (tertiary/aromatic N) is 1. The summed E-state index contributed by atoms with van der Waals surface area (Å²) in [5.41, 5.74) is 2.47. The van der Waals surface area contributed by atoms with Crippen LogP contribution in [-0.2, 0) is 10.2 Å². The van der Waals surface area contributed by atoms with E-state index in [1.165, 1.54) is 0 Å². The van der Waals surface area contributed by atoms with E-state index in [1.54, 1.807) is 35.2 Å². The topological polar surface area (TPSA) is 75.7 Å². The van der Waals surface area contributed by atoms with Gasteiger partial charge in [0, 0.05) is 5.56 Å². The number of para-hydroxylation sites is 1. The number of rotatable bonds is 4. The molecule has 0 saturated carbocycles. The average molecular weight is 437 g/mol. The highest BCUT2D eigenvalue weighted by Crippen LogP contribution is 2.32. The molecule has 2 saturated heterocycles. The third-order valence-corrected chi connectivity index (χ3v) is 6.03. The second-order valence-electron chi connectivity index (χ2n) is 8.67. The second-order valence-corrected chi connectivity index (χ2v) is 9.69. The predicted molar refractivity (Wildman–Crippen MR) is 121 cm³/mol. The van der Waals surface area contributed by atoms with Crippen molar-refractivity contribution in [3.8, 4) is 5.75 Å². The van der Waals surface area contributed by atoms with E-state index < -0.39 is 5.91 Å². The van der Waals surface area contributed by atoms with Crippen molar-refractivity contribution in [3.63, 3.8) is 0 Å². The number of benzene rings is 2. The first-order valence-corrected chi connectivity index (χ1v) is 10.9. The van der Waals surface area contributed by atoms with Crippen molar-refractivity contribution in [2.24, 2.45) is 0 Å². The summed E-state index contributed by atoms with van der Waals surface area (Å²) in [7, 11) is 0. The van der Waals surface area contributed by atoms with Crippen molar-refractivity contribution in [2.45, 2.75) is 32.3 Å². The molecule has 0 spiro atoms. The summed E-state index contributed by atoms with van der Waals surface area (Å²) in [5.74, 6) is 0.429. The van der Waals surface area contributed by atoms with Crippen LogP contribution in [0.1, 0.15) is 42.3 Å². The Labute approximate surface area is 185 Å². The van der Waals surface area contributed by atoms with Crippen LogP contribution >= 0.6 is 11.8 Å². The highest BCUT2D eigenvalue weighted by molar-refractivity contribution is 8.18. The number of carbonyl (C=O) groups excluding carboxylic acids is 3. The number of amides is 3. The van der Waals surface area contributed by atoms with Crippen LogP contribution in [0.2, 0.25) is 0 Å². The minimum Gasteiger partial charge on any atom is -0.486 e. The van der Waals surface area contributed by atoms with E-state index in [9.17, 15) is 14.4 Å². The van der Waals surface area contributed by atoms with E-state index in [4.69, 9.17) is 4.74 Å². The predicted octanol–water partition coefficient (Wildman–Crippen LogP) is 4.21. The van der Waals surface area contributed by atoms with Crippen LogP contribution in [0.3, 0.4) is 0 Å². The molecule has 7 heteroatoms. The molecule has 0 unspecified atom stereocenters. The number of likely N-dealkylation sites (tertiary alicyclic amines) is 1. The van der Waals surface area contributed by atoms with Gasteiger partial charge in [0.1, 0.15) is 11.9 Å². The molecule has 0 aliphatic carbocycles. The number of hydrogen-bond acceptors (Lipinski definition) is 5. The molecule has 2 heterocycles. The standard InChI is InChI=1S/C24H24N2O4S/c1-24(2,3)18-6-4-5-7-19(18)30-17-13-26(14-17)22(28)16-10-8-15(9-11-16)12-20-21(27)25-23(29)31-20/h4-12,17H,13-14H2,1-3H3,(H,25,27,29)/b20-12-. The van der Waals surface area contributed by atoms with Crippen LogP contribution in [0.15, 0.2) is 53.4 Å². The lowest BCUT2D eigenvalue weighted by atomic mass is 9.86. The molecule has 2 aromatic rings. The molecule has 2 aromatic carbocycles. The molecule has 6 nitrogen and oxygen atoms in total. The minimum absolute atomic E-state index is 0.0160. The molecule has 1 N–H and O–H groups in total. The highest BCUT2D eigenvalue weighted by Gasteiger charge is 2.34. The first kappa shape index (κ1) is 21.2. The number of thioether (sulfide) groups is 1. The molecule has 2 aliphatic rings. The van der Waals surface area contributed by atoms with Crippen molar-refractivity contribution in [1.29, 1.82) is 0 Å². The van der Waals surface area contributed by atoms with E-state index in [1.807, 2.05) is 18.2 Å². The van der Waals surface area contributed by atoms with E-state index in [2.05, 4.69) is 32.2 Å². The molecule has 4 rings (SSSR count). The van der Waals surface area contributed by atoms with Gasteiger partial charge < -0.3 is 9.64 Å². The zero-order valence-corrected chi connectivity index (χ0v) is 18.5. The summed E-state index contributed by atoms with van der Waals surface area (Å²) >= 11 is 0.872. The van der Waals surface area contributed by atoms with Crippen LogP contribution in [0, 0.1) is 0 Å². The largest absolute Gasteiger partial charge is 0.486 e. The van der Waals surface area contributed by atoms with Crippen molar-refractivity contribution in [3.05, 3.63) is 70.1 Å². The van der Waals surface area contributed by atoms with Gasteiger partial charge in [0.2, 0.25) is 0 Å². The Kier molecular flexibility index (Phi) is 5.62. The Bertz CT molecular complexity index is 1060. The fraction of sp³-hybridized carbons (Fsp3) is 0.292. The smallest absolute Gasteiger partial charge is 0.290 e. The third kappa shape index (κ3) is 4.66. The van der Waals surface area contributed by atoms with Gasteiger partial charge in [0.25, 0.3) is 17.1 Å². The third-order valence-electron chi connectivity index (χ3n) is 5.22. The van der Waals surface area contributed by atoms with Crippen LogP contribution in [0.25, 0.3) is 6.08 Å². The molecule has 2 fully saturated rings. The first-order chi connectivity index (χ1) is 14.7. The van der Waals surface area contributed by atoms with Crippen molar-refractivity contribution in [2.75, 3.05) is 13.1 Å². The van der Waals surface area contributed by atoms with Gasteiger partial charge in [-0.25, -0.2) is 0 Å². The maximum Gasteiger partial charge on any atom is 0.290 e. The second kappa shape index (κ2) is 8.23. The molecule has 3 amide bonds. The lowest BCUT2D eigenvalue weighted by molar-refractivity contribution is -0.115. The van der Waals surface area contributed by atoms with Gasteiger partial charge in [-0.15, -0.1) is 0 Å². The summed E-state index contributed by atoms with van der Waals surface area (Å²) in [6.45, 7) is 7.55. The van der Waals surface area contributed by atoms with Gasteiger partial charge in [-0.05, 0) is 52.6 Å². The monoisotopic (exact) mass is 436 g/mol. The zero-order chi connectivity index (χ0) is 22.2. The summed E-state index contributed by atoms with van der Waals surface area (Å²) in [6.07, 6.45) is 1.62. The van der Waals surface area contributed by atoms with Gasteiger partial charge in [-0.1, -0.05) is 51.1 Å². The highest BCUT2D eigenvalue weighted by atomic mass is 32.2. The van der Waals surface area contributed by atoms with Crippen LogP contribution in [0.5, 0.6) is 5.75 Å². The average Bonchev–Trinajstić information content (AvgIpc) is 3.01. The fourth-order valence-corrected chi connectivity index (χ4v) is 4.21. The lowest BCUT2D eigenvalue weighted by Crippen LogP contribution is -2.56. The number of carbonyl (C=O) groups is 3. The lowest BCUT2D eigenvalue weighted by Gasteiger charge is -2.39. The maximum absolute atomic E-state index is 12.7. The Morgan fingerprint density at radius 1 is 1.10 bits per heavy atom. The van der Waals surface area contributed by atoms with Crippen molar-refractivity contribution in [1.82, 2.24) is 10.2 Å². The number of ether oxygens (including phenoxy) is 1. The van der Waals surface area contributed by atoms with E-state index in [0.29, 0.717) is 23.6 Å². The van der Waals surface area contributed by atoms with Crippen LogP contribution in [-0.4, -0.2) is 41.1 Å². The Balaban J connectivity index is 1.36. The van der Waals surface area contributed by atoms with Crippen LogP contribution < -0.4 is 10.1 Å². The number of imide groups is 1. The van der Waals surface area contributed by atoms with Gasteiger partial charge >= 0.3 is 0 Å². The van der Waals surface area contributed by atoms with E-state index in [-0.39, 0.29) is 22.7 Å². The van der Waals surface area contributed by atoms with Crippen LogP contribution in [0.4, 0.5) is 4.79 Å². The molecule has 160 valence electrons. The molecule has 0 radical (unpaired) electrons. The summed E-state index contributed by atoms with van der Waals surface area (Å²) in [5, 5.41) is 1.85. The first-order valence-electron chi connectivity index (χ1n) is 10.1. The molecule has 0 bridgehead atoms. The molecule has 31 heavy (non-hydrogen) atoms. The molecular weight excluding hydrogens is 412 g/mol. The summed E-state index contributed by atoms with van der Waals surface area (Å²) in [4.78, 5) is 37.7. The van der Waals surface area contributed by atoms with Gasteiger partial charge in [-0.2, -0.15) is 0 Å². The van der Waals surface area contributed by atoms with Gasteiger partial charge in [-0.3, -0.25) is 19.7 Å². The number of nitrogens with one attached hydrogen (secondary N) is 1. The zero-order valence-electron chi connectivity index (χ0n) is 17.7. The SMILES string of the molecule is CC(C)(C)c1ccccc1OC1CN(C(=O)c2ccc(/C=C3\SC(=O)NC3=O)cc2)C1. The van der Waals surface area contributed by atoms with E-state index >= 15 is 0 Å². The minimum atomic E-state index is -0.394. The number of hydrogen-bond donors (Lipinski definition) is 1. The maximum atomic E-state index is 12.7. The normalized spacial score (nSPS) is 18.2. The summed E-state index contributed by atoms with van der Waals surface area (Å²) < 4.78 is 6.17. The van der Waals surface area contributed by atoms with E-state index in [0.717, 1.165) is 28.6 Å². The van der Waals surface area contributed by atoms with Crippen molar-refractivity contribution < 1.29 is 19.1 Å². The fourth-order valence-electron chi connectivity index (χ4n) is 3.52. The van der Waals surface area contributed by atoms with Crippen molar-refractivity contribution >= 4 is 34.9 Å². The van der Waals surface area contributed by atoms with Gasteiger partial charge in [0.05, 0.1) is 18.0 Å². The Hall–Kier alpha value is -3.06. The molecule has 0 aromatic heterocycles. The quantitative estimate of drug-likeness (QED) is 0.727. The Morgan fingerprint density at radius 2 is 1.77 bits per heavy atom. The van der Waals surface area contributed by atoms with Gasteiger partial charge in [0.15, 0.2) is 0 Å². The molecule has 2 aliphatic heterocycles. The molecule has 0 atom stereocenters. The Morgan fingerprint density at radius 3 is 2.39 bits per heavy atom.